The zero-order valence-electron chi connectivity index (χ0n) is 13.0. The van der Waals surface area contributed by atoms with Crippen molar-refractivity contribution in [2.45, 2.75) is 13.3 Å². The molecule has 0 aliphatic rings. The average Bonchev–Trinajstić information content (AvgIpc) is 2.55. The standard InChI is InChI=1S/C18H15N3O3/c1-12(22)13-6-4-7-15(9-13)20-17(23)10-18(24)21-16-8-3-2-5-14(16)11-19/h2-9H,10H2,1H3,(H,20,23)(H,21,24). The van der Waals surface area contributed by atoms with Gasteiger partial charge in [-0.15, -0.1) is 0 Å². The highest BCUT2D eigenvalue weighted by molar-refractivity contribution is 6.08. The fourth-order valence-electron chi connectivity index (χ4n) is 2.05. The van der Waals surface area contributed by atoms with Crippen molar-refractivity contribution in [1.82, 2.24) is 0 Å². The van der Waals surface area contributed by atoms with E-state index in [0.29, 0.717) is 22.5 Å². The highest BCUT2D eigenvalue weighted by Gasteiger charge is 2.12. The van der Waals surface area contributed by atoms with Gasteiger partial charge in [-0.3, -0.25) is 14.4 Å². The van der Waals surface area contributed by atoms with Crippen LogP contribution in [0.1, 0.15) is 29.3 Å². The minimum absolute atomic E-state index is 0.114. The molecule has 2 aromatic carbocycles. The maximum atomic E-state index is 11.9. The second-order valence-electron chi connectivity index (χ2n) is 5.07. The summed E-state index contributed by atoms with van der Waals surface area (Å²) in [6.45, 7) is 1.43. The Morgan fingerprint density at radius 1 is 1.00 bits per heavy atom. The zero-order valence-corrected chi connectivity index (χ0v) is 13.0. The van der Waals surface area contributed by atoms with Crippen molar-refractivity contribution in [3.8, 4) is 6.07 Å². The third kappa shape index (κ3) is 4.52. The van der Waals surface area contributed by atoms with Gasteiger partial charge in [0.2, 0.25) is 11.8 Å². The fourth-order valence-corrected chi connectivity index (χ4v) is 2.05. The fraction of sp³-hybridized carbons (Fsp3) is 0.111. The lowest BCUT2D eigenvalue weighted by Crippen LogP contribution is -2.21. The Bertz CT molecular complexity index is 837. The van der Waals surface area contributed by atoms with Crippen LogP contribution in [0.2, 0.25) is 0 Å². The highest BCUT2D eigenvalue weighted by atomic mass is 16.2. The number of Topliss-reactive ketones (excluding diaryl/α,β-unsaturated/α-hetero) is 1. The van der Waals surface area contributed by atoms with E-state index in [1.54, 1.807) is 48.5 Å². The number of carbonyl (C=O) groups is 3. The minimum atomic E-state index is -0.530. The van der Waals surface area contributed by atoms with Crippen LogP contribution in [-0.4, -0.2) is 17.6 Å². The Hall–Kier alpha value is -3.46. The first kappa shape index (κ1) is 16.9. The number of hydrogen-bond acceptors (Lipinski definition) is 4. The van der Waals surface area contributed by atoms with Gasteiger partial charge in [-0.05, 0) is 31.2 Å². The zero-order chi connectivity index (χ0) is 17.5. The second kappa shape index (κ2) is 7.70. The molecule has 0 saturated heterocycles. The topological polar surface area (TPSA) is 99.1 Å². The van der Waals surface area contributed by atoms with Gasteiger partial charge in [-0.25, -0.2) is 0 Å². The van der Waals surface area contributed by atoms with Crippen molar-refractivity contribution in [3.63, 3.8) is 0 Å². The molecule has 6 nitrogen and oxygen atoms in total. The molecule has 0 fully saturated rings. The first-order chi connectivity index (χ1) is 11.5. The van der Waals surface area contributed by atoms with Crippen LogP contribution in [0.25, 0.3) is 0 Å². The maximum absolute atomic E-state index is 11.9. The number of rotatable bonds is 5. The lowest BCUT2D eigenvalue weighted by Gasteiger charge is -2.08. The first-order valence-electron chi connectivity index (χ1n) is 7.19. The lowest BCUT2D eigenvalue weighted by molar-refractivity contribution is -0.123. The molecular weight excluding hydrogens is 306 g/mol. The SMILES string of the molecule is CC(=O)c1cccc(NC(=O)CC(=O)Nc2ccccc2C#N)c1. The van der Waals surface area contributed by atoms with Gasteiger partial charge in [0, 0.05) is 11.3 Å². The van der Waals surface area contributed by atoms with E-state index in [0.717, 1.165) is 0 Å². The van der Waals surface area contributed by atoms with E-state index in [1.165, 1.54) is 6.92 Å². The molecule has 0 aromatic heterocycles. The summed E-state index contributed by atoms with van der Waals surface area (Å²) in [5, 5.41) is 14.1. The van der Waals surface area contributed by atoms with Gasteiger partial charge in [0.05, 0.1) is 11.3 Å². The predicted octanol–water partition coefficient (Wildman–Crippen LogP) is 2.73. The van der Waals surface area contributed by atoms with Gasteiger partial charge in [0.1, 0.15) is 12.5 Å². The number of benzene rings is 2. The second-order valence-corrected chi connectivity index (χ2v) is 5.07. The van der Waals surface area contributed by atoms with Gasteiger partial charge in [0.25, 0.3) is 0 Å². The molecule has 0 heterocycles. The Kier molecular flexibility index (Phi) is 5.42. The maximum Gasteiger partial charge on any atom is 0.233 e. The minimum Gasteiger partial charge on any atom is -0.326 e. The molecule has 0 aliphatic heterocycles. The van der Waals surface area contributed by atoms with E-state index in [4.69, 9.17) is 5.26 Å². The third-order valence-electron chi connectivity index (χ3n) is 3.20. The molecular formula is C18H15N3O3. The molecule has 0 saturated carbocycles. The molecule has 0 spiro atoms. The van der Waals surface area contributed by atoms with Gasteiger partial charge in [-0.2, -0.15) is 5.26 Å². The van der Waals surface area contributed by atoms with E-state index >= 15 is 0 Å². The van der Waals surface area contributed by atoms with Crippen LogP contribution in [-0.2, 0) is 9.59 Å². The summed E-state index contributed by atoms with van der Waals surface area (Å²) in [5.74, 6) is -1.16. The predicted molar refractivity (Wildman–Crippen MR) is 89.5 cm³/mol. The molecule has 0 atom stereocenters. The summed E-state index contributed by atoms with van der Waals surface area (Å²) in [6.07, 6.45) is -0.399. The summed E-state index contributed by atoms with van der Waals surface area (Å²) in [6, 6.07) is 15.0. The Morgan fingerprint density at radius 2 is 1.71 bits per heavy atom. The van der Waals surface area contributed by atoms with E-state index in [1.807, 2.05) is 6.07 Å². The molecule has 2 N–H and O–H groups in total. The molecule has 2 rings (SSSR count). The molecule has 0 bridgehead atoms. The summed E-state index contributed by atoms with van der Waals surface area (Å²) in [4.78, 5) is 35.2. The quantitative estimate of drug-likeness (QED) is 0.653. The van der Waals surface area contributed by atoms with Crippen molar-refractivity contribution in [1.29, 1.82) is 5.26 Å². The Balaban J connectivity index is 1.97. The molecule has 120 valence electrons. The lowest BCUT2D eigenvalue weighted by atomic mass is 10.1. The smallest absolute Gasteiger partial charge is 0.233 e. The van der Waals surface area contributed by atoms with Crippen molar-refractivity contribution in [3.05, 3.63) is 59.7 Å². The van der Waals surface area contributed by atoms with E-state index in [9.17, 15) is 14.4 Å². The van der Waals surface area contributed by atoms with E-state index in [-0.39, 0.29) is 5.78 Å². The van der Waals surface area contributed by atoms with Gasteiger partial charge < -0.3 is 10.6 Å². The van der Waals surface area contributed by atoms with Crippen molar-refractivity contribution >= 4 is 29.0 Å². The molecule has 6 heteroatoms. The number of amides is 2. The van der Waals surface area contributed by atoms with Crippen molar-refractivity contribution in [2.24, 2.45) is 0 Å². The summed E-state index contributed by atoms with van der Waals surface area (Å²) in [7, 11) is 0. The molecule has 2 amide bonds. The molecule has 0 aliphatic carbocycles. The van der Waals surface area contributed by atoms with Crippen LogP contribution >= 0.6 is 0 Å². The number of nitriles is 1. The Labute approximate surface area is 139 Å². The third-order valence-corrected chi connectivity index (χ3v) is 3.20. The number of nitrogens with zero attached hydrogens (tertiary/aromatic N) is 1. The van der Waals surface area contributed by atoms with Crippen LogP contribution < -0.4 is 10.6 Å². The molecule has 0 radical (unpaired) electrons. The summed E-state index contributed by atoms with van der Waals surface area (Å²) >= 11 is 0. The first-order valence-corrected chi connectivity index (χ1v) is 7.19. The summed E-state index contributed by atoms with van der Waals surface area (Å²) in [5.41, 5.74) is 1.59. The van der Waals surface area contributed by atoms with Gasteiger partial charge in [-0.1, -0.05) is 24.3 Å². The number of carbonyl (C=O) groups excluding carboxylic acids is 3. The number of ketones is 1. The average molecular weight is 321 g/mol. The van der Waals surface area contributed by atoms with Gasteiger partial charge in [0.15, 0.2) is 5.78 Å². The van der Waals surface area contributed by atoms with E-state index < -0.39 is 18.2 Å². The molecule has 0 unspecified atom stereocenters. The Morgan fingerprint density at radius 3 is 2.42 bits per heavy atom. The van der Waals surface area contributed by atoms with Crippen LogP contribution in [0.15, 0.2) is 48.5 Å². The molecule has 24 heavy (non-hydrogen) atoms. The van der Waals surface area contributed by atoms with Gasteiger partial charge >= 0.3 is 0 Å². The monoisotopic (exact) mass is 321 g/mol. The van der Waals surface area contributed by atoms with Crippen molar-refractivity contribution in [2.75, 3.05) is 10.6 Å². The number of nitrogens with one attached hydrogen (secondary N) is 2. The van der Waals surface area contributed by atoms with Crippen molar-refractivity contribution < 1.29 is 14.4 Å². The van der Waals surface area contributed by atoms with Crippen LogP contribution in [0.5, 0.6) is 0 Å². The molecule has 2 aromatic rings. The normalized spacial score (nSPS) is 9.67. The summed E-state index contributed by atoms with van der Waals surface area (Å²) < 4.78 is 0. The largest absolute Gasteiger partial charge is 0.326 e. The van der Waals surface area contributed by atoms with Crippen LogP contribution in [0, 0.1) is 11.3 Å². The van der Waals surface area contributed by atoms with Crippen LogP contribution in [0.4, 0.5) is 11.4 Å². The van der Waals surface area contributed by atoms with E-state index in [2.05, 4.69) is 10.6 Å². The number of para-hydroxylation sites is 1. The number of anilines is 2. The highest BCUT2D eigenvalue weighted by Crippen LogP contribution is 2.14. The number of hydrogen-bond donors (Lipinski definition) is 2. The van der Waals surface area contributed by atoms with Crippen LogP contribution in [0.3, 0.4) is 0 Å².